The molecule has 19 heavy (non-hydrogen) atoms. The molecule has 106 valence electrons. The van der Waals surface area contributed by atoms with Crippen LogP contribution in [0, 0.1) is 0 Å². The summed E-state index contributed by atoms with van der Waals surface area (Å²) in [4.78, 5) is 11.1. The van der Waals surface area contributed by atoms with Gasteiger partial charge < -0.3 is 19.9 Å². The maximum atomic E-state index is 11.1. The third-order valence-corrected chi connectivity index (χ3v) is 2.97. The van der Waals surface area contributed by atoms with E-state index in [2.05, 4.69) is 5.32 Å². The zero-order valence-electron chi connectivity index (χ0n) is 11.2. The minimum Gasteiger partial charge on any atom is -0.495 e. The molecule has 0 saturated carbocycles. The van der Waals surface area contributed by atoms with E-state index in [0.29, 0.717) is 28.6 Å². The van der Waals surface area contributed by atoms with Gasteiger partial charge >= 0.3 is 5.97 Å². The first kappa shape index (κ1) is 15.4. The molecular formula is C13H18ClNO4. The van der Waals surface area contributed by atoms with Crippen molar-refractivity contribution >= 4 is 23.3 Å². The van der Waals surface area contributed by atoms with Gasteiger partial charge in [0.05, 0.1) is 24.9 Å². The van der Waals surface area contributed by atoms with Crippen molar-refractivity contribution < 1.29 is 19.4 Å². The fourth-order valence-corrected chi connectivity index (χ4v) is 1.95. The van der Waals surface area contributed by atoms with Gasteiger partial charge in [0.15, 0.2) is 0 Å². The molecule has 0 aliphatic heterocycles. The summed E-state index contributed by atoms with van der Waals surface area (Å²) in [6.45, 7) is 1.93. The second-order valence-electron chi connectivity index (χ2n) is 4.01. The molecule has 6 heteroatoms. The highest BCUT2D eigenvalue weighted by Crippen LogP contribution is 2.36. The zero-order chi connectivity index (χ0) is 14.4. The standard InChI is InChI=1S/C13H18ClNO4/c1-4-5-9(13(16)17)15-10-6-8(14)11(18-2)7-12(10)19-3/h6-7,9,15H,4-5H2,1-3H3,(H,16,17). The summed E-state index contributed by atoms with van der Waals surface area (Å²) in [5.74, 6) is 0.0610. The smallest absolute Gasteiger partial charge is 0.326 e. The van der Waals surface area contributed by atoms with Gasteiger partial charge in [-0.05, 0) is 12.5 Å². The first-order chi connectivity index (χ1) is 9.03. The fourth-order valence-electron chi connectivity index (χ4n) is 1.71. The Morgan fingerprint density at radius 3 is 2.47 bits per heavy atom. The van der Waals surface area contributed by atoms with Crippen molar-refractivity contribution in [3.63, 3.8) is 0 Å². The molecule has 0 fully saturated rings. The van der Waals surface area contributed by atoms with E-state index in [1.807, 2.05) is 6.92 Å². The summed E-state index contributed by atoms with van der Waals surface area (Å²) in [7, 11) is 3.01. The lowest BCUT2D eigenvalue weighted by Gasteiger charge is -2.18. The summed E-state index contributed by atoms with van der Waals surface area (Å²) < 4.78 is 10.3. The lowest BCUT2D eigenvalue weighted by molar-refractivity contribution is -0.138. The van der Waals surface area contributed by atoms with Crippen LogP contribution >= 0.6 is 11.6 Å². The van der Waals surface area contributed by atoms with E-state index in [9.17, 15) is 4.79 Å². The van der Waals surface area contributed by atoms with Gasteiger partial charge in [-0.1, -0.05) is 24.9 Å². The van der Waals surface area contributed by atoms with Crippen LogP contribution in [0.3, 0.4) is 0 Å². The number of hydrogen-bond acceptors (Lipinski definition) is 4. The molecule has 0 aromatic heterocycles. The van der Waals surface area contributed by atoms with Crippen LogP contribution < -0.4 is 14.8 Å². The molecule has 0 aliphatic carbocycles. The van der Waals surface area contributed by atoms with E-state index in [1.165, 1.54) is 14.2 Å². The Kier molecular flexibility index (Phi) is 5.76. The van der Waals surface area contributed by atoms with Crippen LogP contribution in [0.15, 0.2) is 12.1 Å². The summed E-state index contributed by atoms with van der Waals surface area (Å²) in [6.07, 6.45) is 1.28. The predicted octanol–water partition coefficient (Wildman–Crippen LogP) is 3.02. The Morgan fingerprint density at radius 1 is 1.37 bits per heavy atom. The van der Waals surface area contributed by atoms with Crippen molar-refractivity contribution in [1.29, 1.82) is 0 Å². The fraction of sp³-hybridized carbons (Fsp3) is 0.462. The monoisotopic (exact) mass is 287 g/mol. The molecule has 1 unspecified atom stereocenters. The maximum absolute atomic E-state index is 11.1. The summed E-state index contributed by atoms with van der Waals surface area (Å²) >= 11 is 6.03. The number of anilines is 1. The summed E-state index contributed by atoms with van der Waals surface area (Å²) in [5, 5.41) is 12.5. The number of hydrogen-bond donors (Lipinski definition) is 2. The molecule has 5 nitrogen and oxygen atoms in total. The minimum absolute atomic E-state index is 0.395. The number of carboxylic acids is 1. The lowest BCUT2D eigenvalue weighted by Crippen LogP contribution is -2.29. The highest BCUT2D eigenvalue weighted by Gasteiger charge is 2.19. The number of rotatable bonds is 7. The molecule has 0 bridgehead atoms. The van der Waals surface area contributed by atoms with Crippen LogP contribution in [-0.2, 0) is 4.79 Å². The Hall–Kier alpha value is -1.62. The van der Waals surface area contributed by atoms with Gasteiger partial charge in [-0.25, -0.2) is 4.79 Å². The van der Waals surface area contributed by atoms with E-state index in [1.54, 1.807) is 12.1 Å². The van der Waals surface area contributed by atoms with Gasteiger partial charge in [0.2, 0.25) is 0 Å². The largest absolute Gasteiger partial charge is 0.495 e. The average Bonchev–Trinajstić information content (AvgIpc) is 2.38. The minimum atomic E-state index is -0.907. The number of halogens is 1. The second-order valence-corrected chi connectivity index (χ2v) is 4.42. The Bertz CT molecular complexity index is 451. The van der Waals surface area contributed by atoms with Crippen LogP contribution in [0.4, 0.5) is 5.69 Å². The van der Waals surface area contributed by atoms with Crippen LogP contribution in [0.5, 0.6) is 11.5 Å². The molecule has 1 aromatic carbocycles. The van der Waals surface area contributed by atoms with Crippen molar-refractivity contribution in [3.05, 3.63) is 17.2 Å². The molecule has 0 saturated heterocycles. The average molecular weight is 288 g/mol. The normalized spacial score (nSPS) is 11.8. The van der Waals surface area contributed by atoms with Gasteiger partial charge in [0.25, 0.3) is 0 Å². The molecule has 0 radical (unpaired) electrons. The van der Waals surface area contributed by atoms with Gasteiger partial charge in [-0.2, -0.15) is 0 Å². The molecule has 0 spiro atoms. The number of nitrogens with one attached hydrogen (secondary N) is 1. The van der Waals surface area contributed by atoms with Crippen molar-refractivity contribution in [2.24, 2.45) is 0 Å². The first-order valence-electron chi connectivity index (χ1n) is 5.94. The maximum Gasteiger partial charge on any atom is 0.326 e. The number of ether oxygens (including phenoxy) is 2. The van der Waals surface area contributed by atoms with E-state index in [4.69, 9.17) is 26.2 Å². The van der Waals surface area contributed by atoms with E-state index >= 15 is 0 Å². The molecule has 1 rings (SSSR count). The number of aliphatic carboxylic acids is 1. The number of carboxylic acid groups (broad SMARTS) is 1. The second kappa shape index (κ2) is 7.09. The van der Waals surface area contributed by atoms with Gasteiger partial charge in [0, 0.05) is 6.07 Å². The Labute approximate surface area is 117 Å². The van der Waals surface area contributed by atoms with Crippen LogP contribution in [0.2, 0.25) is 5.02 Å². The van der Waals surface area contributed by atoms with Crippen molar-refractivity contribution in [1.82, 2.24) is 0 Å². The van der Waals surface area contributed by atoms with E-state index in [0.717, 1.165) is 6.42 Å². The first-order valence-corrected chi connectivity index (χ1v) is 6.32. The number of methoxy groups -OCH3 is 2. The van der Waals surface area contributed by atoms with E-state index < -0.39 is 12.0 Å². The van der Waals surface area contributed by atoms with Gasteiger partial charge in [-0.3, -0.25) is 0 Å². The van der Waals surface area contributed by atoms with Crippen molar-refractivity contribution in [2.75, 3.05) is 19.5 Å². The SMILES string of the molecule is CCCC(Nc1cc(Cl)c(OC)cc1OC)C(=O)O. The van der Waals surface area contributed by atoms with Crippen LogP contribution in [0.25, 0.3) is 0 Å². The molecule has 2 N–H and O–H groups in total. The molecule has 0 aliphatic rings. The van der Waals surface area contributed by atoms with E-state index in [-0.39, 0.29) is 0 Å². The number of carbonyl (C=O) groups is 1. The Morgan fingerprint density at radius 2 is 2.00 bits per heavy atom. The topological polar surface area (TPSA) is 67.8 Å². The van der Waals surface area contributed by atoms with Crippen molar-refractivity contribution in [3.8, 4) is 11.5 Å². The van der Waals surface area contributed by atoms with Crippen molar-refractivity contribution in [2.45, 2.75) is 25.8 Å². The molecule has 1 aromatic rings. The summed E-state index contributed by atoms with van der Waals surface area (Å²) in [6, 6.07) is 2.55. The quantitative estimate of drug-likeness (QED) is 0.807. The molecule has 0 heterocycles. The highest BCUT2D eigenvalue weighted by molar-refractivity contribution is 6.32. The van der Waals surface area contributed by atoms with Crippen LogP contribution in [0.1, 0.15) is 19.8 Å². The lowest BCUT2D eigenvalue weighted by atomic mass is 10.1. The number of benzene rings is 1. The molecular weight excluding hydrogens is 270 g/mol. The van der Waals surface area contributed by atoms with Gasteiger partial charge in [0.1, 0.15) is 17.5 Å². The predicted molar refractivity (Wildman–Crippen MR) is 74.5 cm³/mol. The zero-order valence-corrected chi connectivity index (χ0v) is 12.0. The van der Waals surface area contributed by atoms with Crippen LogP contribution in [-0.4, -0.2) is 31.3 Å². The van der Waals surface area contributed by atoms with Gasteiger partial charge in [-0.15, -0.1) is 0 Å². The molecule has 0 amide bonds. The third kappa shape index (κ3) is 3.92. The Balaban J connectivity index is 3.04. The third-order valence-electron chi connectivity index (χ3n) is 2.68. The molecule has 1 atom stereocenters. The highest BCUT2D eigenvalue weighted by atomic mass is 35.5. The summed E-state index contributed by atoms with van der Waals surface area (Å²) in [5.41, 5.74) is 0.536.